The first-order valence-electron chi connectivity index (χ1n) is 8.39. The van der Waals surface area contributed by atoms with Gasteiger partial charge in [-0.05, 0) is 38.8 Å². The lowest BCUT2D eigenvalue weighted by atomic mass is 9.75. The predicted octanol–water partition coefficient (Wildman–Crippen LogP) is 1.58. The number of fused-ring (bicyclic) bond motifs is 1. The third-order valence-corrected chi connectivity index (χ3v) is 5.87. The lowest BCUT2D eigenvalue weighted by Gasteiger charge is -2.34. The van der Waals surface area contributed by atoms with E-state index in [2.05, 4.69) is 25.3 Å². The quantitative estimate of drug-likeness (QED) is 0.907. The predicted molar refractivity (Wildman–Crippen MR) is 88.4 cm³/mol. The van der Waals surface area contributed by atoms with E-state index in [0.29, 0.717) is 18.3 Å². The second-order valence-electron chi connectivity index (χ2n) is 6.58. The largest absolute Gasteiger partial charge is 0.355 e. The molecule has 0 aliphatic carbocycles. The number of amides is 1. The van der Waals surface area contributed by atoms with Crippen LogP contribution in [0, 0.1) is 18.8 Å². The number of likely N-dealkylation sites (tertiary alicyclic amines) is 1. The molecule has 2 fully saturated rings. The number of rotatable bonds is 3. The van der Waals surface area contributed by atoms with E-state index in [1.807, 2.05) is 18.5 Å². The Morgan fingerprint density at radius 1 is 1.38 bits per heavy atom. The molecule has 3 atom stereocenters. The van der Waals surface area contributed by atoms with Crippen LogP contribution >= 0.6 is 11.3 Å². The molecule has 0 radical (unpaired) electrons. The van der Waals surface area contributed by atoms with Gasteiger partial charge in [-0.15, -0.1) is 11.3 Å². The van der Waals surface area contributed by atoms with Crippen molar-refractivity contribution in [2.24, 2.45) is 11.8 Å². The number of hydrogen-bond acceptors (Lipinski definition) is 7. The molecule has 4 heterocycles. The Morgan fingerprint density at radius 3 is 3.00 bits per heavy atom. The Kier molecular flexibility index (Phi) is 4.32. The molecule has 0 spiro atoms. The Morgan fingerprint density at radius 2 is 2.25 bits per heavy atom. The normalized spacial score (nSPS) is 28.2. The van der Waals surface area contributed by atoms with Crippen molar-refractivity contribution < 1.29 is 9.32 Å². The van der Waals surface area contributed by atoms with Crippen LogP contribution in [0.1, 0.15) is 35.5 Å². The smallest absolute Gasteiger partial charge is 0.231 e. The summed E-state index contributed by atoms with van der Waals surface area (Å²) in [5.41, 5.74) is 0. The van der Waals surface area contributed by atoms with E-state index in [1.165, 1.54) is 0 Å². The average Bonchev–Trinajstić information content (AvgIpc) is 3.18. The number of carbonyl (C=O) groups is 1. The maximum Gasteiger partial charge on any atom is 0.231 e. The number of aryl methyl sites for hydroxylation is 1. The van der Waals surface area contributed by atoms with Crippen LogP contribution in [-0.2, 0) is 11.3 Å². The second kappa shape index (κ2) is 6.60. The Labute approximate surface area is 144 Å². The summed E-state index contributed by atoms with van der Waals surface area (Å²) in [6.45, 7) is 5.17. The third-order valence-electron chi connectivity index (χ3n) is 5.10. The zero-order valence-electron chi connectivity index (χ0n) is 13.6. The molecule has 2 aromatic rings. The molecule has 0 bridgehead atoms. The SMILES string of the molecule is Cc1noc([C@@H]2CNC(=O)[C@@H]3CCN(Cc4nccs4)CC[C@@H]32)n1. The molecule has 2 saturated heterocycles. The van der Waals surface area contributed by atoms with Crippen LogP contribution in [-0.4, -0.2) is 45.6 Å². The van der Waals surface area contributed by atoms with Crippen LogP contribution in [0.3, 0.4) is 0 Å². The monoisotopic (exact) mass is 347 g/mol. The van der Waals surface area contributed by atoms with Crippen molar-refractivity contribution in [3.63, 3.8) is 0 Å². The number of hydrogen-bond donors (Lipinski definition) is 1. The standard InChI is InChI=1S/C16H21N5O2S/c1-10-19-16(23-20-10)13-8-18-15(22)12-3-6-21(5-2-11(12)13)9-14-17-4-7-24-14/h4,7,11-13H,2-3,5-6,8-9H2,1H3,(H,18,22)/t11-,12+,13+/m0/s1. The molecule has 0 unspecified atom stereocenters. The molecule has 0 saturated carbocycles. The number of nitrogens with one attached hydrogen (secondary N) is 1. The maximum atomic E-state index is 12.4. The minimum atomic E-state index is 0.0252. The van der Waals surface area contributed by atoms with Gasteiger partial charge in [0.25, 0.3) is 0 Å². The molecule has 1 amide bonds. The first-order chi connectivity index (χ1) is 11.7. The molecule has 128 valence electrons. The fourth-order valence-electron chi connectivity index (χ4n) is 3.90. The van der Waals surface area contributed by atoms with Crippen LogP contribution < -0.4 is 5.32 Å². The summed E-state index contributed by atoms with van der Waals surface area (Å²) in [6.07, 6.45) is 3.68. The summed E-state index contributed by atoms with van der Waals surface area (Å²) in [5.74, 6) is 1.89. The van der Waals surface area contributed by atoms with E-state index in [0.717, 1.165) is 37.5 Å². The molecule has 2 aliphatic rings. The van der Waals surface area contributed by atoms with E-state index >= 15 is 0 Å². The highest BCUT2D eigenvalue weighted by atomic mass is 32.1. The van der Waals surface area contributed by atoms with E-state index in [4.69, 9.17) is 4.52 Å². The van der Waals surface area contributed by atoms with E-state index in [9.17, 15) is 4.79 Å². The summed E-state index contributed by atoms with van der Waals surface area (Å²) in [6, 6.07) is 0. The topological polar surface area (TPSA) is 84.2 Å². The van der Waals surface area contributed by atoms with Crippen molar-refractivity contribution >= 4 is 17.2 Å². The summed E-state index contributed by atoms with van der Waals surface area (Å²) < 4.78 is 5.41. The van der Waals surface area contributed by atoms with Crippen molar-refractivity contribution in [1.29, 1.82) is 0 Å². The molecule has 0 aromatic carbocycles. The average molecular weight is 347 g/mol. The van der Waals surface area contributed by atoms with Crippen LogP contribution in [0.15, 0.2) is 16.1 Å². The molecule has 7 nitrogen and oxygen atoms in total. The van der Waals surface area contributed by atoms with E-state index in [-0.39, 0.29) is 23.7 Å². The summed E-state index contributed by atoms with van der Waals surface area (Å²) in [4.78, 5) is 23.6. The van der Waals surface area contributed by atoms with Gasteiger partial charge >= 0.3 is 0 Å². The highest BCUT2D eigenvalue weighted by Crippen LogP contribution is 2.38. The minimum absolute atomic E-state index is 0.0252. The molecule has 8 heteroatoms. The third kappa shape index (κ3) is 3.08. The fourth-order valence-corrected chi connectivity index (χ4v) is 4.55. The molecule has 1 N–H and O–H groups in total. The van der Waals surface area contributed by atoms with Crippen LogP contribution in [0.5, 0.6) is 0 Å². The number of thiazole rings is 1. The zero-order chi connectivity index (χ0) is 16.5. The zero-order valence-corrected chi connectivity index (χ0v) is 14.5. The fraction of sp³-hybridized carbons (Fsp3) is 0.625. The Hall–Kier alpha value is -1.80. The van der Waals surface area contributed by atoms with Crippen LogP contribution in [0.25, 0.3) is 0 Å². The Balaban J connectivity index is 1.51. The van der Waals surface area contributed by atoms with Crippen molar-refractivity contribution in [2.45, 2.75) is 32.2 Å². The molecular weight excluding hydrogens is 326 g/mol. The highest BCUT2D eigenvalue weighted by Gasteiger charge is 2.42. The number of carbonyl (C=O) groups excluding carboxylic acids is 1. The number of nitrogens with zero attached hydrogens (tertiary/aromatic N) is 4. The minimum Gasteiger partial charge on any atom is -0.355 e. The summed E-state index contributed by atoms with van der Waals surface area (Å²) >= 11 is 1.68. The molecular formula is C16H21N5O2S. The number of piperidine rings is 1. The van der Waals surface area contributed by atoms with Crippen molar-refractivity contribution in [3.05, 3.63) is 28.3 Å². The van der Waals surface area contributed by atoms with Crippen LogP contribution in [0.4, 0.5) is 0 Å². The second-order valence-corrected chi connectivity index (χ2v) is 7.56. The van der Waals surface area contributed by atoms with Gasteiger partial charge in [-0.25, -0.2) is 4.98 Å². The van der Waals surface area contributed by atoms with Crippen molar-refractivity contribution in [1.82, 2.24) is 25.3 Å². The molecule has 2 aliphatic heterocycles. The van der Waals surface area contributed by atoms with Gasteiger partial charge < -0.3 is 9.84 Å². The summed E-state index contributed by atoms with van der Waals surface area (Å²) in [5, 5.41) is 10.1. The first-order valence-corrected chi connectivity index (χ1v) is 9.27. The van der Waals surface area contributed by atoms with Crippen molar-refractivity contribution in [2.75, 3.05) is 19.6 Å². The van der Waals surface area contributed by atoms with Gasteiger partial charge in [0, 0.05) is 24.0 Å². The highest BCUT2D eigenvalue weighted by molar-refractivity contribution is 7.09. The molecule has 4 rings (SSSR count). The Bertz CT molecular complexity index is 701. The van der Waals surface area contributed by atoms with Crippen molar-refractivity contribution in [3.8, 4) is 0 Å². The van der Waals surface area contributed by atoms with E-state index < -0.39 is 0 Å². The molecule has 24 heavy (non-hydrogen) atoms. The van der Waals surface area contributed by atoms with Crippen LogP contribution in [0.2, 0.25) is 0 Å². The van der Waals surface area contributed by atoms with Gasteiger partial charge in [-0.1, -0.05) is 5.16 Å². The first kappa shape index (κ1) is 15.7. The van der Waals surface area contributed by atoms with Gasteiger partial charge in [0.2, 0.25) is 11.8 Å². The van der Waals surface area contributed by atoms with Gasteiger partial charge in [-0.2, -0.15) is 4.98 Å². The maximum absolute atomic E-state index is 12.4. The van der Waals surface area contributed by atoms with E-state index in [1.54, 1.807) is 11.3 Å². The van der Waals surface area contributed by atoms with Gasteiger partial charge in [0.05, 0.1) is 12.5 Å². The van der Waals surface area contributed by atoms with Gasteiger partial charge in [-0.3, -0.25) is 9.69 Å². The lowest BCUT2D eigenvalue weighted by molar-refractivity contribution is -0.129. The van der Waals surface area contributed by atoms with Gasteiger partial charge in [0.15, 0.2) is 5.82 Å². The lowest BCUT2D eigenvalue weighted by Crippen LogP contribution is -2.46. The molecule has 2 aromatic heterocycles. The van der Waals surface area contributed by atoms with Gasteiger partial charge in [0.1, 0.15) is 5.01 Å². The summed E-state index contributed by atoms with van der Waals surface area (Å²) in [7, 11) is 0. The number of aromatic nitrogens is 3.